The summed E-state index contributed by atoms with van der Waals surface area (Å²) in [6.07, 6.45) is 1.10. The van der Waals surface area contributed by atoms with Crippen molar-refractivity contribution < 1.29 is 14.2 Å². The van der Waals surface area contributed by atoms with Crippen LogP contribution in [0.2, 0.25) is 0 Å². The lowest BCUT2D eigenvalue weighted by Gasteiger charge is -2.22. The maximum atomic E-state index is 5.91. The average Bonchev–Trinajstić information content (AvgIpc) is 2.96. The van der Waals surface area contributed by atoms with Crippen LogP contribution in [0.4, 0.5) is 0 Å². The molecule has 2 atom stereocenters. The van der Waals surface area contributed by atoms with Crippen molar-refractivity contribution in [2.75, 3.05) is 33.5 Å². The summed E-state index contributed by atoms with van der Waals surface area (Å²) in [6, 6.07) is 8.12. The molecule has 106 valence electrons. The Kier molecular flexibility index (Phi) is 5.48. The molecule has 1 saturated heterocycles. The predicted octanol–water partition coefficient (Wildman–Crippen LogP) is 2.09. The zero-order valence-corrected chi connectivity index (χ0v) is 11.7. The van der Waals surface area contributed by atoms with E-state index in [1.807, 2.05) is 38.2 Å². The molecule has 1 aromatic carbocycles. The average molecular weight is 265 g/mol. The molecule has 0 spiro atoms. The number of rotatable bonds is 7. The Balaban J connectivity index is 1.92. The van der Waals surface area contributed by atoms with Gasteiger partial charge in [-0.25, -0.2) is 0 Å². The van der Waals surface area contributed by atoms with Gasteiger partial charge in [-0.15, -0.1) is 0 Å². The van der Waals surface area contributed by atoms with E-state index in [0.29, 0.717) is 25.2 Å². The van der Waals surface area contributed by atoms with Gasteiger partial charge in [-0.2, -0.15) is 0 Å². The molecule has 0 radical (unpaired) electrons. The fourth-order valence-corrected chi connectivity index (χ4v) is 2.35. The summed E-state index contributed by atoms with van der Waals surface area (Å²) in [5.41, 5.74) is 0. The standard InChI is InChI=1S/C15H23NO3/c1-3-18-14-6-4-5-7-15(14)19-11-13(16-2)12-8-9-17-10-12/h4-7,12-13,16H,3,8-11H2,1-2H3. The quantitative estimate of drug-likeness (QED) is 0.819. The van der Waals surface area contributed by atoms with Crippen LogP contribution in [0.3, 0.4) is 0 Å². The molecule has 0 saturated carbocycles. The third kappa shape index (κ3) is 3.85. The lowest BCUT2D eigenvalue weighted by atomic mass is 10.00. The zero-order valence-electron chi connectivity index (χ0n) is 11.7. The summed E-state index contributed by atoms with van der Waals surface area (Å²) in [6.45, 7) is 4.93. The normalized spacial score (nSPS) is 20.2. The predicted molar refractivity (Wildman–Crippen MR) is 74.9 cm³/mol. The fraction of sp³-hybridized carbons (Fsp3) is 0.600. The first kappa shape index (κ1) is 14.2. The molecular weight excluding hydrogens is 242 g/mol. The third-order valence-electron chi connectivity index (χ3n) is 3.47. The Labute approximate surface area is 115 Å². The van der Waals surface area contributed by atoms with Crippen molar-refractivity contribution >= 4 is 0 Å². The van der Waals surface area contributed by atoms with Crippen LogP contribution in [-0.2, 0) is 4.74 Å². The monoisotopic (exact) mass is 265 g/mol. The lowest BCUT2D eigenvalue weighted by molar-refractivity contribution is 0.161. The van der Waals surface area contributed by atoms with Crippen LogP contribution in [0.15, 0.2) is 24.3 Å². The summed E-state index contributed by atoms with van der Waals surface area (Å²) in [5, 5.41) is 3.32. The van der Waals surface area contributed by atoms with Crippen LogP contribution in [0.5, 0.6) is 11.5 Å². The first-order valence-corrected chi connectivity index (χ1v) is 6.94. The van der Waals surface area contributed by atoms with E-state index in [9.17, 15) is 0 Å². The lowest BCUT2D eigenvalue weighted by Crippen LogP contribution is -2.39. The van der Waals surface area contributed by atoms with Gasteiger partial charge < -0.3 is 19.5 Å². The highest BCUT2D eigenvalue weighted by atomic mass is 16.5. The molecule has 2 rings (SSSR count). The minimum atomic E-state index is 0.317. The molecule has 1 aliphatic heterocycles. The first-order chi connectivity index (χ1) is 9.35. The zero-order chi connectivity index (χ0) is 13.5. The van der Waals surface area contributed by atoms with Crippen LogP contribution in [-0.4, -0.2) is 39.5 Å². The van der Waals surface area contributed by atoms with E-state index in [1.165, 1.54) is 0 Å². The van der Waals surface area contributed by atoms with Crippen molar-refractivity contribution in [1.82, 2.24) is 5.32 Å². The van der Waals surface area contributed by atoms with Crippen LogP contribution in [0.1, 0.15) is 13.3 Å². The number of hydrogen-bond donors (Lipinski definition) is 1. The number of likely N-dealkylation sites (N-methyl/N-ethyl adjacent to an activating group) is 1. The van der Waals surface area contributed by atoms with E-state index < -0.39 is 0 Å². The van der Waals surface area contributed by atoms with Crippen LogP contribution >= 0.6 is 0 Å². The summed E-state index contributed by atoms with van der Waals surface area (Å²) in [4.78, 5) is 0. The first-order valence-electron chi connectivity index (χ1n) is 6.94. The molecule has 1 N–H and O–H groups in total. The van der Waals surface area contributed by atoms with E-state index >= 15 is 0 Å². The van der Waals surface area contributed by atoms with Gasteiger partial charge in [-0.3, -0.25) is 0 Å². The van der Waals surface area contributed by atoms with E-state index in [-0.39, 0.29) is 0 Å². The second-order valence-electron chi connectivity index (χ2n) is 4.71. The van der Waals surface area contributed by atoms with Crippen molar-refractivity contribution in [2.24, 2.45) is 5.92 Å². The molecule has 4 nitrogen and oxygen atoms in total. The van der Waals surface area contributed by atoms with Crippen molar-refractivity contribution in [3.63, 3.8) is 0 Å². The van der Waals surface area contributed by atoms with Crippen LogP contribution < -0.4 is 14.8 Å². The SMILES string of the molecule is CCOc1ccccc1OCC(NC)C1CCOC1. The molecule has 1 fully saturated rings. The molecule has 0 bridgehead atoms. The Morgan fingerprint density at radius 3 is 2.63 bits per heavy atom. The highest BCUT2D eigenvalue weighted by Gasteiger charge is 2.25. The largest absolute Gasteiger partial charge is 0.490 e. The minimum absolute atomic E-state index is 0.317. The molecule has 1 aromatic rings. The molecule has 1 aliphatic rings. The summed E-state index contributed by atoms with van der Waals surface area (Å²) in [5.74, 6) is 2.15. The Hall–Kier alpha value is -1.26. The fourth-order valence-electron chi connectivity index (χ4n) is 2.35. The maximum absolute atomic E-state index is 5.91. The van der Waals surface area contributed by atoms with Crippen molar-refractivity contribution in [3.8, 4) is 11.5 Å². The number of ether oxygens (including phenoxy) is 3. The maximum Gasteiger partial charge on any atom is 0.161 e. The molecule has 0 amide bonds. The minimum Gasteiger partial charge on any atom is -0.490 e. The van der Waals surface area contributed by atoms with Gasteiger partial charge in [0.2, 0.25) is 0 Å². The summed E-state index contributed by atoms with van der Waals surface area (Å²) in [7, 11) is 1.97. The van der Waals surface area contributed by atoms with E-state index in [2.05, 4.69) is 5.32 Å². The van der Waals surface area contributed by atoms with Crippen molar-refractivity contribution in [1.29, 1.82) is 0 Å². The molecule has 1 heterocycles. The number of nitrogens with one attached hydrogen (secondary N) is 1. The number of benzene rings is 1. The van der Waals surface area contributed by atoms with Gasteiger partial charge in [0, 0.05) is 18.6 Å². The number of hydrogen-bond acceptors (Lipinski definition) is 4. The van der Waals surface area contributed by atoms with Gasteiger partial charge in [-0.05, 0) is 32.5 Å². The van der Waals surface area contributed by atoms with Crippen LogP contribution in [0, 0.1) is 5.92 Å². The molecule has 0 aromatic heterocycles. The second-order valence-corrected chi connectivity index (χ2v) is 4.71. The topological polar surface area (TPSA) is 39.7 Å². The smallest absolute Gasteiger partial charge is 0.161 e. The van der Waals surface area contributed by atoms with E-state index in [4.69, 9.17) is 14.2 Å². The van der Waals surface area contributed by atoms with Gasteiger partial charge in [0.15, 0.2) is 11.5 Å². The van der Waals surface area contributed by atoms with Crippen LogP contribution in [0.25, 0.3) is 0 Å². The molecule has 0 aliphatic carbocycles. The van der Waals surface area contributed by atoms with Gasteiger partial charge in [0.05, 0.1) is 13.2 Å². The van der Waals surface area contributed by atoms with Crippen molar-refractivity contribution in [2.45, 2.75) is 19.4 Å². The van der Waals surface area contributed by atoms with Crippen molar-refractivity contribution in [3.05, 3.63) is 24.3 Å². The summed E-state index contributed by atoms with van der Waals surface area (Å²) < 4.78 is 16.9. The highest BCUT2D eigenvalue weighted by molar-refractivity contribution is 5.39. The number of para-hydroxylation sites is 2. The van der Waals surface area contributed by atoms with E-state index in [1.54, 1.807) is 0 Å². The summed E-state index contributed by atoms with van der Waals surface area (Å²) >= 11 is 0. The van der Waals surface area contributed by atoms with Gasteiger partial charge in [-0.1, -0.05) is 12.1 Å². The molecule has 19 heavy (non-hydrogen) atoms. The highest BCUT2D eigenvalue weighted by Crippen LogP contribution is 2.27. The van der Waals surface area contributed by atoms with Gasteiger partial charge in [0.25, 0.3) is 0 Å². The molecule has 2 unspecified atom stereocenters. The molecule has 4 heteroatoms. The second kappa shape index (κ2) is 7.36. The Bertz CT molecular complexity index is 377. The Morgan fingerprint density at radius 2 is 2.05 bits per heavy atom. The van der Waals surface area contributed by atoms with Gasteiger partial charge >= 0.3 is 0 Å². The van der Waals surface area contributed by atoms with Gasteiger partial charge in [0.1, 0.15) is 6.61 Å². The third-order valence-corrected chi connectivity index (χ3v) is 3.47. The Morgan fingerprint density at radius 1 is 1.32 bits per heavy atom. The molecular formula is C15H23NO3. The van der Waals surface area contributed by atoms with E-state index in [0.717, 1.165) is 31.1 Å².